The highest BCUT2D eigenvalue weighted by Crippen LogP contribution is 2.35. The third-order valence-corrected chi connectivity index (χ3v) is 3.86. The topological polar surface area (TPSA) is 66.8 Å². The van der Waals surface area contributed by atoms with Crippen LogP contribution in [0.15, 0.2) is 42.5 Å². The third-order valence-electron chi connectivity index (χ3n) is 3.86. The van der Waals surface area contributed by atoms with Crippen molar-refractivity contribution in [3.05, 3.63) is 59.2 Å². The summed E-state index contributed by atoms with van der Waals surface area (Å²) in [6.07, 6.45) is -0.538. The fraction of sp³-hybridized carbons (Fsp3) is 0.222. The number of carbonyl (C=O) groups is 2. The fourth-order valence-corrected chi connectivity index (χ4v) is 2.62. The summed E-state index contributed by atoms with van der Waals surface area (Å²) in [5.41, 5.74) is 2.88. The van der Waals surface area contributed by atoms with Gasteiger partial charge in [0, 0.05) is 0 Å². The Balaban J connectivity index is 1.93. The molecule has 0 bridgehead atoms. The number of hydrogen-bond donors (Lipinski definition) is 1. The zero-order valence-corrected chi connectivity index (χ0v) is 12.9. The van der Waals surface area contributed by atoms with Crippen LogP contribution in [0.2, 0.25) is 0 Å². The molecule has 1 heterocycles. The van der Waals surface area contributed by atoms with Gasteiger partial charge in [0.25, 0.3) is 5.91 Å². The minimum atomic E-state index is -0.964. The average molecular weight is 311 g/mol. The van der Waals surface area contributed by atoms with Crippen molar-refractivity contribution >= 4 is 17.6 Å². The summed E-state index contributed by atoms with van der Waals surface area (Å²) in [6.45, 7) is 4.07. The lowest BCUT2D eigenvalue weighted by atomic mass is 10.1. The number of hydrogen-bond acceptors (Lipinski definition) is 3. The van der Waals surface area contributed by atoms with Crippen LogP contribution in [0.25, 0.3) is 0 Å². The fourth-order valence-electron chi connectivity index (χ4n) is 2.62. The van der Waals surface area contributed by atoms with Crippen molar-refractivity contribution in [1.29, 1.82) is 0 Å². The Labute approximate surface area is 134 Å². The first-order valence-corrected chi connectivity index (χ1v) is 7.36. The summed E-state index contributed by atoms with van der Waals surface area (Å²) in [4.78, 5) is 25.1. The molecule has 1 amide bonds. The highest BCUT2D eigenvalue weighted by atomic mass is 16.5. The Morgan fingerprint density at radius 2 is 1.91 bits per heavy atom. The van der Waals surface area contributed by atoms with Crippen molar-refractivity contribution in [3.8, 4) is 5.75 Å². The van der Waals surface area contributed by atoms with E-state index in [-0.39, 0.29) is 11.5 Å². The van der Waals surface area contributed by atoms with Crippen LogP contribution in [0.1, 0.15) is 28.4 Å². The molecule has 1 aliphatic heterocycles. The molecule has 118 valence electrons. The molecule has 0 aliphatic carbocycles. The summed E-state index contributed by atoms with van der Waals surface area (Å²) in [7, 11) is 0. The Morgan fingerprint density at radius 1 is 1.22 bits per heavy atom. The minimum absolute atomic E-state index is 0.106. The second kappa shape index (κ2) is 5.76. The first kappa shape index (κ1) is 15.1. The zero-order valence-electron chi connectivity index (χ0n) is 12.9. The van der Waals surface area contributed by atoms with Gasteiger partial charge in [0.05, 0.1) is 17.8 Å². The maximum absolute atomic E-state index is 12.5. The van der Waals surface area contributed by atoms with Crippen LogP contribution >= 0.6 is 0 Å². The SMILES string of the molecule is Cc1ccc2c(c1)N(Cc1ccc(C(=O)O)cc1)C(=O)[C@@H](C)O2. The number of fused-ring (bicyclic) bond motifs is 1. The highest BCUT2D eigenvalue weighted by Gasteiger charge is 2.31. The molecular weight excluding hydrogens is 294 g/mol. The molecule has 0 radical (unpaired) electrons. The molecule has 0 saturated heterocycles. The first-order valence-electron chi connectivity index (χ1n) is 7.36. The van der Waals surface area contributed by atoms with Crippen LogP contribution in [-0.4, -0.2) is 23.1 Å². The number of amides is 1. The summed E-state index contributed by atoms with van der Waals surface area (Å²) in [6, 6.07) is 12.3. The smallest absolute Gasteiger partial charge is 0.335 e. The molecule has 1 N–H and O–H groups in total. The van der Waals surface area contributed by atoms with Gasteiger partial charge in [-0.3, -0.25) is 4.79 Å². The third kappa shape index (κ3) is 2.90. The molecule has 0 unspecified atom stereocenters. The maximum atomic E-state index is 12.5. The standard InChI is InChI=1S/C18H17NO4/c1-11-3-8-16-15(9-11)19(17(20)12(2)23-16)10-13-4-6-14(7-5-13)18(21)22/h3-9,12H,10H2,1-2H3,(H,21,22)/t12-/m1/s1. The lowest BCUT2D eigenvalue weighted by Crippen LogP contribution is -2.44. The van der Waals surface area contributed by atoms with Crippen molar-refractivity contribution in [1.82, 2.24) is 0 Å². The zero-order chi connectivity index (χ0) is 16.6. The van der Waals surface area contributed by atoms with Gasteiger partial charge in [0.1, 0.15) is 5.75 Å². The van der Waals surface area contributed by atoms with Crippen LogP contribution in [0.5, 0.6) is 5.75 Å². The van der Waals surface area contributed by atoms with E-state index in [2.05, 4.69) is 0 Å². The van der Waals surface area contributed by atoms with E-state index in [0.29, 0.717) is 12.3 Å². The van der Waals surface area contributed by atoms with Gasteiger partial charge in [-0.25, -0.2) is 4.79 Å². The molecule has 5 nitrogen and oxygen atoms in total. The van der Waals surface area contributed by atoms with E-state index in [0.717, 1.165) is 16.8 Å². The van der Waals surface area contributed by atoms with Gasteiger partial charge in [0.2, 0.25) is 0 Å². The summed E-state index contributed by atoms with van der Waals surface area (Å²) < 4.78 is 5.65. The van der Waals surface area contributed by atoms with Crippen molar-refractivity contribution in [2.75, 3.05) is 4.90 Å². The van der Waals surface area contributed by atoms with Gasteiger partial charge in [-0.05, 0) is 49.2 Å². The van der Waals surface area contributed by atoms with E-state index in [1.165, 1.54) is 0 Å². The van der Waals surface area contributed by atoms with Crippen molar-refractivity contribution in [3.63, 3.8) is 0 Å². The largest absolute Gasteiger partial charge is 0.479 e. The highest BCUT2D eigenvalue weighted by molar-refractivity contribution is 5.99. The maximum Gasteiger partial charge on any atom is 0.335 e. The molecule has 1 aliphatic rings. The van der Waals surface area contributed by atoms with Crippen molar-refractivity contribution < 1.29 is 19.4 Å². The number of carbonyl (C=O) groups excluding carboxylic acids is 1. The molecule has 0 aromatic heterocycles. The summed E-state index contributed by atoms with van der Waals surface area (Å²) >= 11 is 0. The number of anilines is 1. The van der Waals surface area contributed by atoms with Gasteiger partial charge in [-0.1, -0.05) is 18.2 Å². The number of carboxylic acid groups (broad SMARTS) is 1. The number of nitrogens with zero attached hydrogens (tertiary/aromatic N) is 1. The number of aryl methyl sites for hydroxylation is 1. The number of rotatable bonds is 3. The van der Waals surface area contributed by atoms with E-state index in [1.807, 2.05) is 25.1 Å². The molecule has 2 aromatic carbocycles. The lowest BCUT2D eigenvalue weighted by Gasteiger charge is -2.33. The van der Waals surface area contributed by atoms with Gasteiger partial charge in [0.15, 0.2) is 6.10 Å². The van der Waals surface area contributed by atoms with Crippen molar-refractivity contribution in [2.24, 2.45) is 0 Å². The monoisotopic (exact) mass is 311 g/mol. The number of ether oxygens (including phenoxy) is 1. The van der Waals surface area contributed by atoms with Crippen molar-refractivity contribution in [2.45, 2.75) is 26.5 Å². The molecule has 0 spiro atoms. The van der Waals surface area contributed by atoms with Crippen LogP contribution in [-0.2, 0) is 11.3 Å². The van der Waals surface area contributed by atoms with Crippen LogP contribution in [0, 0.1) is 6.92 Å². The summed E-state index contributed by atoms with van der Waals surface area (Å²) in [5.74, 6) is -0.385. The number of benzene rings is 2. The molecule has 5 heteroatoms. The molecule has 2 aromatic rings. The molecule has 3 rings (SSSR count). The molecule has 23 heavy (non-hydrogen) atoms. The Bertz CT molecular complexity index is 767. The van der Waals surface area contributed by atoms with Gasteiger partial charge in [-0.15, -0.1) is 0 Å². The molecule has 0 saturated carbocycles. The predicted molar refractivity (Wildman–Crippen MR) is 85.9 cm³/mol. The molecular formula is C18H17NO4. The van der Waals surface area contributed by atoms with Crippen LogP contribution < -0.4 is 9.64 Å². The average Bonchev–Trinajstić information content (AvgIpc) is 2.53. The molecule has 1 atom stereocenters. The van der Waals surface area contributed by atoms with Gasteiger partial charge < -0.3 is 14.7 Å². The second-order valence-corrected chi connectivity index (χ2v) is 5.66. The van der Waals surface area contributed by atoms with E-state index < -0.39 is 12.1 Å². The Kier molecular flexibility index (Phi) is 3.78. The second-order valence-electron chi connectivity index (χ2n) is 5.66. The number of carboxylic acids is 1. The summed E-state index contributed by atoms with van der Waals surface area (Å²) in [5, 5.41) is 8.95. The Morgan fingerprint density at radius 3 is 2.57 bits per heavy atom. The molecule has 0 fully saturated rings. The van der Waals surface area contributed by atoms with E-state index >= 15 is 0 Å². The van der Waals surface area contributed by atoms with Gasteiger partial charge >= 0.3 is 5.97 Å². The lowest BCUT2D eigenvalue weighted by molar-refractivity contribution is -0.125. The van der Waals surface area contributed by atoms with Crippen LogP contribution in [0.4, 0.5) is 5.69 Å². The number of aromatic carboxylic acids is 1. The van der Waals surface area contributed by atoms with E-state index in [1.54, 1.807) is 36.1 Å². The predicted octanol–water partition coefficient (Wildman–Crippen LogP) is 3.01. The minimum Gasteiger partial charge on any atom is -0.479 e. The Hall–Kier alpha value is -2.82. The normalized spacial score (nSPS) is 16.7. The van der Waals surface area contributed by atoms with E-state index in [4.69, 9.17) is 9.84 Å². The van der Waals surface area contributed by atoms with Crippen LogP contribution in [0.3, 0.4) is 0 Å². The van der Waals surface area contributed by atoms with Gasteiger partial charge in [-0.2, -0.15) is 0 Å². The van der Waals surface area contributed by atoms with E-state index in [9.17, 15) is 9.59 Å². The quantitative estimate of drug-likeness (QED) is 0.946. The first-order chi connectivity index (χ1) is 11.0.